The lowest BCUT2D eigenvalue weighted by Gasteiger charge is -2.14. The maximum absolute atomic E-state index is 11.8. The molecule has 0 saturated carbocycles. The quantitative estimate of drug-likeness (QED) is 0.735. The molecule has 0 aliphatic rings. The first-order chi connectivity index (χ1) is 9.45. The first kappa shape index (κ1) is 16.3. The number of aromatic hydroxyl groups is 1. The van der Waals surface area contributed by atoms with Crippen molar-refractivity contribution in [1.29, 1.82) is 0 Å². The topological polar surface area (TPSA) is 85.2 Å². The summed E-state index contributed by atoms with van der Waals surface area (Å²) in [6, 6.07) is 4.50. The average Bonchev–Trinajstić information content (AvgIpc) is 2.42. The highest BCUT2D eigenvalue weighted by Gasteiger charge is 2.17. The van der Waals surface area contributed by atoms with Gasteiger partial charge in [0.25, 0.3) is 0 Å². The zero-order chi connectivity index (χ0) is 15.1. The van der Waals surface area contributed by atoms with Crippen molar-refractivity contribution in [2.75, 3.05) is 20.3 Å². The van der Waals surface area contributed by atoms with Crippen molar-refractivity contribution in [2.24, 2.45) is 0 Å². The summed E-state index contributed by atoms with van der Waals surface area (Å²) in [5.74, 6) is -0.832. The van der Waals surface area contributed by atoms with Gasteiger partial charge in [0.2, 0.25) is 0 Å². The van der Waals surface area contributed by atoms with E-state index in [0.29, 0.717) is 0 Å². The molecule has 0 saturated heterocycles. The first-order valence-electron chi connectivity index (χ1n) is 6.28. The molecule has 6 heteroatoms. The van der Waals surface area contributed by atoms with Crippen LogP contribution in [0.15, 0.2) is 18.2 Å². The lowest BCUT2D eigenvalue weighted by atomic mass is 10.2. The molecule has 0 heterocycles. The molecular formula is C14H20O6. The van der Waals surface area contributed by atoms with Crippen LogP contribution in [0.2, 0.25) is 0 Å². The summed E-state index contributed by atoms with van der Waals surface area (Å²) in [5, 5.41) is 19.4. The lowest BCUT2D eigenvalue weighted by Crippen LogP contribution is -2.25. The molecule has 1 aromatic rings. The van der Waals surface area contributed by atoms with Crippen LogP contribution in [0.5, 0.6) is 11.5 Å². The number of aliphatic hydroxyl groups is 1. The molecule has 2 N–H and O–H groups in total. The van der Waals surface area contributed by atoms with Gasteiger partial charge in [-0.2, -0.15) is 0 Å². The van der Waals surface area contributed by atoms with Crippen LogP contribution in [0.25, 0.3) is 0 Å². The number of carbonyl (C=O) groups is 1. The summed E-state index contributed by atoms with van der Waals surface area (Å²) in [5.41, 5.74) is -0.0127. The second-order valence-electron chi connectivity index (χ2n) is 4.49. The number of para-hydroxylation sites is 1. The molecule has 20 heavy (non-hydrogen) atoms. The number of rotatable bonds is 7. The first-order valence-corrected chi connectivity index (χ1v) is 6.28. The van der Waals surface area contributed by atoms with E-state index >= 15 is 0 Å². The van der Waals surface area contributed by atoms with E-state index in [2.05, 4.69) is 0 Å². The second kappa shape index (κ2) is 7.72. The van der Waals surface area contributed by atoms with Crippen LogP contribution in [0.4, 0.5) is 0 Å². The van der Waals surface area contributed by atoms with E-state index in [1.807, 2.05) is 13.8 Å². The number of esters is 1. The number of benzene rings is 1. The van der Waals surface area contributed by atoms with Crippen molar-refractivity contribution in [2.45, 2.75) is 26.1 Å². The Morgan fingerprint density at radius 2 is 2.00 bits per heavy atom. The molecule has 0 aromatic heterocycles. The molecule has 6 nitrogen and oxygen atoms in total. The number of hydrogen-bond acceptors (Lipinski definition) is 6. The van der Waals surface area contributed by atoms with Gasteiger partial charge >= 0.3 is 5.97 Å². The molecule has 0 bridgehead atoms. The van der Waals surface area contributed by atoms with Gasteiger partial charge in [-0.1, -0.05) is 6.07 Å². The maximum atomic E-state index is 11.8. The Labute approximate surface area is 117 Å². The Hall–Kier alpha value is -1.79. The highest BCUT2D eigenvalue weighted by Crippen LogP contribution is 2.29. The molecule has 112 valence electrons. The van der Waals surface area contributed by atoms with E-state index in [1.54, 1.807) is 6.07 Å². The Bertz CT molecular complexity index is 443. The SMILES string of the molecule is COc1cccc(C(=O)OC[C@H](O)COC(C)C)c1O. The highest BCUT2D eigenvalue weighted by atomic mass is 16.5. The molecule has 0 aliphatic heterocycles. The van der Waals surface area contributed by atoms with Crippen molar-refractivity contribution < 1.29 is 29.2 Å². The number of phenols is 1. The fourth-order valence-electron chi connectivity index (χ4n) is 1.45. The van der Waals surface area contributed by atoms with Crippen LogP contribution >= 0.6 is 0 Å². The smallest absolute Gasteiger partial charge is 0.342 e. The van der Waals surface area contributed by atoms with E-state index in [1.165, 1.54) is 19.2 Å². The zero-order valence-corrected chi connectivity index (χ0v) is 11.8. The third-order valence-corrected chi connectivity index (χ3v) is 2.47. The summed E-state index contributed by atoms with van der Waals surface area (Å²) in [6.07, 6.45) is -0.920. The van der Waals surface area contributed by atoms with Crippen LogP contribution in [0.1, 0.15) is 24.2 Å². The number of carbonyl (C=O) groups excluding carboxylic acids is 1. The summed E-state index contributed by atoms with van der Waals surface area (Å²) >= 11 is 0. The fraction of sp³-hybridized carbons (Fsp3) is 0.500. The average molecular weight is 284 g/mol. The Balaban J connectivity index is 2.55. The van der Waals surface area contributed by atoms with Gasteiger partial charge in [-0.3, -0.25) is 0 Å². The van der Waals surface area contributed by atoms with Gasteiger partial charge in [0.1, 0.15) is 18.3 Å². The molecule has 0 unspecified atom stereocenters. The Kier molecular flexibility index (Phi) is 6.27. The largest absolute Gasteiger partial charge is 0.504 e. The summed E-state index contributed by atoms with van der Waals surface area (Å²) < 4.78 is 15.0. The van der Waals surface area contributed by atoms with Crippen molar-refractivity contribution in [3.8, 4) is 11.5 Å². The van der Waals surface area contributed by atoms with Gasteiger partial charge in [-0.05, 0) is 26.0 Å². The standard InChI is InChI=1S/C14H20O6/c1-9(2)19-7-10(15)8-20-14(17)11-5-4-6-12(18-3)13(11)16/h4-6,9-10,15-16H,7-8H2,1-3H3/t10-/m1/s1. The molecule has 0 fully saturated rings. The van der Waals surface area contributed by atoms with Gasteiger partial charge < -0.3 is 24.4 Å². The predicted octanol–water partition coefficient (Wildman–Crippen LogP) is 1.34. The number of aliphatic hydroxyl groups excluding tert-OH is 1. The highest BCUT2D eigenvalue weighted by molar-refractivity contribution is 5.93. The van der Waals surface area contributed by atoms with E-state index in [-0.39, 0.29) is 36.4 Å². The van der Waals surface area contributed by atoms with Crippen LogP contribution in [-0.2, 0) is 9.47 Å². The number of phenolic OH excluding ortho intramolecular Hbond substituents is 1. The molecule has 1 atom stereocenters. The van der Waals surface area contributed by atoms with Gasteiger partial charge in [-0.25, -0.2) is 4.79 Å². The number of methoxy groups -OCH3 is 1. The summed E-state index contributed by atoms with van der Waals surface area (Å²) in [4.78, 5) is 11.8. The van der Waals surface area contributed by atoms with Crippen LogP contribution < -0.4 is 4.74 Å². The van der Waals surface area contributed by atoms with Crippen molar-refractivity contribution >= 4 is 5.97 Å². The molecule has 0 amide bonds. The molecule has 1 aromatic carbocycles. The minimum absolute atomic E-state index is 0.0113. The second-order valence-corrected chi connectivity index (χ2v) is 4.49. The van der Waals surface area contributed by atoms with Crippen molar-refractivity contribution in [1.82, 2.24) is 0 Å². The molecular weight excluding hydrogens is 264 g/mol. The zero-order valence-electron chi connectivity index (χ0n) is 11.8. The third kappa shape index (κ3) is 4.71. The molecule has 0 spiro atoms. The third-order valence-electron chi connectivity index (χ3n) is 2.47. The van der Waals surface area contributed by atoms with Crippen LogP contribution in [0.3, 0.4) is 0 Å². The van der Waals surface area contributed by atoms with Crippen LogP contribution in [-0.4, -0.2) is 48.7 Å². The van der Waals surface area contributed by atoms with Gasteiger partial charge in [-0.15, -0.1) is 0 Å². The normalized spacial score (nSPS) is 12.2. The van der Waals surface area contributed by atoms with E-state index in [9.17, 15) is 15.0 Å². The van der Waals surface area contributed by atoms with Crippen molar-refractivity contribution in [3.63, 3.8) is 0 Å². The van der Waals surface area contributed by atoms with Gasteiger partial charge in [0.15, 0.2) is 11.5 Å². The summed E-state index contributed by atoms with van der Waals surface area (Å²) in [6.45, 7) is 3.55. The minimum atomic E-state index is -0.908. The Morgan fingerprint density at radius 3 is 2.60 bits per heavy atom. The number of ether oxygens (including phenoxy) is 3. The minimum Gasteiger partial charge on any atom is -0.504 e. The summed E-state index contributed by atoms with van der Waals surface area (Å²) in [7, 11) is 1.39. The van der Waals surface area contributed by atoms with Crippen molar-refractivity contribution in [3.05, 3.63) is 23.8 Å². The fourth-order valence-corrected chi connectivity index (χ4v) is 1.45. The Morgan fingerprint density at radius 1 is 1.30 bits per heavy atom. The lowest BCUT2D eigenvalue weighted by molar-refractivity contribution is -0.0270. The molecule has 1 rings (SSSR count). The maximum Gasteiger partial charge on any atom is 0.342 e. The van der Waals surface area contributed by atoms with E-state index in [4.69, 9.17) is 14.2 Å². The predicted molar refractivity (Wildman–Crippen MR) is 72.0 cm³/mol. The van der Waals surface area contributed by atoms with Gasteiger partial charge in [0.05, 0.1) is 19.8 Å². The van der Waals surface area contributed by atoms with Crippen LogP contribution in [0, 0.1) is 0 Å². The van der Waals surface area contributed by atoms with Gasteiger partial charge in [0, 0.05) is 0 Å². The number of hydrogen-bond donors (Lipinski definition) is 2. The molecule has 0 radical (unpaired) electrons. The monoisotopic (exact) mass is 284 g/mol. The van der Waals surface area contributed by atoms with E-state index in [0.717, 1.165) is 0 Å². The van der Waals surface area contributed by atoms with E-state index < -0.39 is 12.1 Å². The molecule has 0 aliphatic carbocycles.